The van der Waals surface area contributed by atoms with Gasteiger partial charge in [-0.15, -0.1) is 0 Å². The SMILES string of the molecule is CCC(CC)C(=O)N1CCC(NC(=O)C(N)C(C)CC)CC1. The predicted molar refractivity (Wildman–Crippen MR) is 89.2 cm³/mol. The number of likely N-dealkylation sites (tertiary alicyclic amines) is 1. The van der Waals surface area contributed by atoms with Crippen LogP contribution in [0.5, 0.6) is 0 Å². The summed E-state index contributed by atoms with van der Waals surface area (Å²) in [6.07, 6.45) is 4.35. The Balaban J connectivity index is 2.42. The van der Waals surface area contributed by atoms with Gasteiger partial charge >= 0.3 is 0 Å². The zero-order valence-corrected chi connectivity index (χ0v) is 14.6. The molecule has 22 heavy (non-hydrogen) atoms. The second-order valence-electron chi connectivity index (χ2n) is 6.53. The van der Waals surface area contributed by atoms with Crippen LogP contribution < -0.4 is 11.1 Å². The average molecular weight is 311 g/mol. The van der Waals surface area contributed by atoms with Crippen LogP contribution in [-0.4, -0.2) is 41.9 Å². The summed E-state index contributed by atoms with van der Waals surface area (Å²) in [5, 5.41) is 3.05. The number of amides is 2. The fraction of sp³-hybridized carbons (Fsp3) is 0.882. The Labute approximate surface area is 135 Å². The lowest BCUT2D eigenvalue weighted by Gasteiger charge is -2.35. The van der Waals surface area contributed by atoms with Gasteiger partial charge in [0.25, 0.3) is 0 Å². The van der Waals surface area contributed by atoms with Gasteiger partial charge in [0, 0.05) is 25.0 Å². The monoisotopic (exact) mass is 311 g/mol. The second kappa shape index (κ2) is 9.13. The highest BCUT2D eigenvalue weighted by Crippen LogP contribution is 2.17. The minimum absolute atomic E-state index is 0.0564. The van der Waals surface area contributed by atoms with Crippen molar-refractivity contribution in [2.75, 3.05) is 13.1 Å². The van der Waals surface area contributed by atoms with E-state index in [1.165, 1.54) is 0 Å². The van der Waals surface area contributed by atoms with Gasteiger partial charge in [-0.05, 0) is 31.6 Å². The molecule has 1 aliphatic rings. The number of nitrogens with two attached hydrogens (primary N) is 1. The van der Waals surface area contributed by atoms with E-state index in [0.717, 1.165) is 45.2 Å². The molecular formula is C17H33N3O2. The lowest BCUT2D eigenvalue weighted by atomic mass is 9.96. The normalized spacial score (nSPS) is 19.1. The lowest BCUT2D eigenvalue weighted by molar-refractivity contribution is -0.137. The van der Waals surface area contributed by atoms with Crippen LogP contribution in [0.1, 0.15) is 59.8 Å². The van der Waals surface area contributed by atoms with E-state index in [0.29, 0.717) is 0 Å². The highest BCUT2D eigenvalue weighted by atomic mass is 16.2. The van der Waals surface area contributed by atoms with Crippen molar-refractivity contribution in [1.29, 1.82) is 0 Å². The zero-order chi connectivity index (χ0) is 16.7. The first-order chi connectivity index (χ1) is 10.4. The van der Waals surface area contributed by atoms with Crippen LogP contribution in [0.15, 0.2) is 0 Å². The molecule has 0 aliphatic carbocycles. The first kappa shape index (κ1) is 18.9. The Morgan fingerprint density at radius 3 is 2.14 bits per heavy atom. The molecule has 2 atom stereocenters. The molecule has 1 rings (SSSR count). The van der Waals surface area contributed by atoms with Crippen molar-refractivity contribution in [3.63, 3.8) is 0 Å². The zero-order valence-electron chi connectivity index (χ0n) is 14.6. The predicted octanol–water partition coefficient (Wildman–Crippen LogP) is 1.90. The molecule has 2 unspecified atom stereocenters. The van der Waals surface area contributed by atoms with E-state index in [2.05, 4.69) is 19.2 Å². The van der Waals surface area contributed by atoms with Crippen LogP contribution in [0, 0.1) is 11.8 Å². The van der Waals surface area contributed by atoms with Crippen molar-refractivity contribution in [3.05, 3.63) is 0 Å². The van der Waals surface area contributed by atoms with Crippen LogP contribution >= 0.6 is 0 Å². The maximum absolute atomic E-state index is 12.3. The van der Waals surface area contributed by atoms with Crippen LogP contribution in [0.25, 0.3) is 0 Å². The minimum Gasteiger partial charge on any atom is -0.352 e. The van der Waals surface area contributed by atoms with Gasteiger partial charge < -0.3 is 16.0 Å². The fourth-order valence-electron chi connectivity index (χ4n) is 2.95. The van der Waals surface area contributed by atoms with E-state index in [-0.39, 0.29) is 29.7 Å². The third-order valence-electron chi connectivity index (χ3n) is 5.05. The summed E-state index contributed by atoms with van der Waals surface area (Å²) >= 11 is 0. The summed E-state index contributed by atoms with van der Waals surface area (Å²) < 4.78 is 0. The Kier molecular flexibility index (Phi) is 7.87. The molecule has 128 valence electrons. The number of hydrogen-bond donors (Lipinski definition) is 2. The largest absolute Gasteiger partial charge is 0.352 e. The maximum Gasteiger partial charge on any atom is 0.237 e. The summed E-state index contributed by atoms with van der Waals surface area (Å²) in [6, 6.07) is -0.289. The first-order valence-corrected chi connectivity index (χ1v) is 8.79. The Morgan fingerprint density at radius 1 is 1.14 bits per heavy atom. The van der Waals surface area contributed by atoms with Crippen molar-refractivity contribution >= 4 is 11.8 Å². The standard InChI is InChI=1S/C17H33N3O2/c1-5-12(4)15(18)16(21)19-14-8-10-20(11-9-14)17(22)13(6-2)7-3/h12-15H,5-11,18H2,1-4H3,(H,19,21). The third-order valence-corrected chi connectivity index (χ3v) is 5.05. The van der Waals surface area contributed by atoms with Gasteiger partial charge in [0.05, 0.1) is 6.04 Å². The molecule has 0 radical (unpaired) electrons. The van der Waals surface area contributed by atoms with Crippen molar-refractivity contribution in [3.8, 4) is 0 Å². The summed E-state index contributed by atoms with van der Waals surface area (Å²) in [6.45, 7) is 9.64. The molecule has 1 fully saturated rings. The summed E-state index contributed by atoms with van der Waals surface area (Å²) in [4.78, 5) is 26.4. The highest BCUT2D eigenvalue weighted by molar-refractivity contribution is 5.82. The molecule has 3 N–H and O–H groups in total. The van der Waals surface area contributed by atoms with Gasteiger partial charge in [0.1, 0.15) is 0 Å². The summed E-state index contributed by atoms with van der Waals surface area (Å²) in [7, 11) is 0. The quantitative estimate of drug-likeness (QED) is 0.754. The summed E-state index contributed by atoms with van der Waals surface area (Å²) in [5.74, 6) is 0.548. The van der Waals surface area contributed by atoms with Crippen molar-refractivity contribution in [2.24, 2.45) is 17.6 Å². The second-order valence-corrected chi connectivity index (χ2v) is 6.53. The Hall–Kier alpha value is -1.10. The summed E-state index contributed by atoms with van der Waals surface area (Å²) in [5.41, 5.74) is 5.96. The molecule has 5 heteroatoms. The van der Waals surface area contributed by atoms with E-state index in [1.807, 2.05) is 18.7 Å². The van der Waals surface area contributed by atoms with Crippen molar-refractivity contribution in [2.45, 2.75) is 71.9 Å². The van der Waals surface area contributed by atoms with E-state index in [1.54, 1.807) is 0 Å². The number of carbonyl (C=O) groups is 2. The maximum atomic E-state index is 12.3. The molecule has 0 aromatic rings. The minimum atomic E-state index is -0.436. The number of nitrogens with one attached hydrogen (secondary N) is 1. The highest BCUT2D eigenvalue weighted by Gasteiger charge is 2.28. The molecular weight excluding hydrogens is 278 g/mol. The first-order valence-electron chi connectivity index (χ1n) is 8.79. The molecule has 1 heterocycles. The van der Waals surface area contributed by atoms with Crippen LogP contribution in [0.2, 0.25) is 0 Å². The van der Waals surface area contributed by atoms with Crippen LogP contribution in [-0.2, 0) is 9.59 Å². The van der Waals surface area contributed by atoms with E-state index in [9.17, 15) is 9.59 Å². The van der Waals surface area contributed by atoms with E-state index < -0.39 is 6.04 Å². The molecule has 0 aromatic heterocycles. The average Bonchev–Trinajstić information content (AvgIpc) is 2.54. The van der Waals surface area contributed by atoms with E-state index in [4.69, 9.17) is 5.73 Å². The van der Waals surface area contributed by atoms with Gasteiger partial charge in [0.15, 0.2) is 0 Å². The molecule has 0 saturated carbocycles. The Bertz CT molecular complexity index is 361. The van der Waals surface area contributed by atoms with E-state index >= 15 is 0 Å². The fourth-order valence-corrected chi connectivity index (χ4v) is 2.95. The molecule has 0 aromatic carbocycles. The van der Waals surface area contributed by atoms with Gasteiger partial charge in [-0.3, -0.25) is 9.59 Å². The topological polar surface area (TPSA) is 75.4 Å². The van der Waals surface area contributed by atoms with Gasteiger partial charge in [-0.25, -0.2) is 0 Å². The van der Waals surface area contributed by atoms with Gasteiger partial charge in [-0.1, -0.05) is 34.1 Å². The molecule has 2 amide bonds. The van der Waals surface area contributed by atoms with Crippen molar-refractivity contribution in [1.82, 2.24) is 10.2 Å². The Morgan fingerprint density at radius 2 is 1.68 bits per heavy atom. The number of hydrogen-bond acceptors (Lipinski definition) is 3. The number of carbonyl (C=O) groups excluding carboxylic acids is 2. The van der Waals surface area contributed by atoms with Gasteiger partial charge in [-0.2, -0.15) is 0 Å². The molecule has 0 spiro atoms. The smallest absolute Gasteiger partial charge is 0.237 e. The molecule has 1 saturated heterocycles. The molecule has 5 nitrogen and oxygen atoms in total. The van der Waals surface area contributed by atoms with Gasteiger partial charge in [0.2, 0.25) is 11.8 Å². The number of piperidine rings is 1. The van der Waals surface area contributed by atoms with Crippen molar-refractivity contribution < 1.29 is 9.59 Å². The number of nitrogens with zero attached hydrogens (tertiary/aromatic N) is 1. The third kappa shape index (κ3) is 4.97. The van der Waals surface area contributed by atoms with Crippen LogP contribution in [0.3, 0.4) is 0 Å². The molecule has 1 aliphatic heterocycles. The van der Waals surface area contributed by atoms with Crippen LogP contribution in [0.4, 0.5) is 0 Å². The number of rotatable bonds is 7. The lowest BCUT2D eigenvalue weighted by Crippen LogP contribution is -2.52. The molecule has 0 bridgehead atoms.